The van der Waals surface area contributed by atoms with Gasteiger partial charge in [0, 0.05) is 18.7 Å². The van der Waals surface area contributed by atoms with Crippen LogP contribution in [-0.2, 0) is 13.0 Å². The molecule has 2 aliphatic heterocycles. The monoisotopic (exact) mass is 311 g/mol. The Hall–Kier alpha value is -2.69. The van der Waals surface area contributed by atoms with Crippen LogP contribution in [0.4, 0.5) is 0 Å². The number of hydrogen-bond donors (Lipinski definition) is 0. The van der Waals surface area contributed by atoms with Crippen molar-refractivity contribution in [2.45, 2.75) is 13.0 Å². The fraction of sp³-hybridized carbons (Fsp3) is 0.278. The van der Waals surface area contributed by atoms with Gasteiger partial charge in [0.15, 0.2) is 11.5 Å². The minimum absolute atomic E-state index is 0.0379. The number of ether oxygens (including phenoxy) is 3. The van der Waals surface area contributed by atoms with E-state index < -0.39 is 0 Å². The first-order valence-corrected chi connectivity index (χ1v) is 7.59. The summed E-state index contributed by atoms with van der Waals surface area (Å²) in [4.78, 5) is 14.5. The molecular formula is C18H17NO4. The van der Waals surface area contributed by atoms with Gasteiger partial charge in [-0.2, -0.15) is 0 Å². The molecule has 0 atom stereocenters. The van der Waals surface area contributed by atoms with Gasteiger partial charge in [0.2, 0.25) is 6.79 Å². The van der Waals surface area contributed by atoms with Crippen molar-refractivity contribution in [3.05, 3.63) is 53.1 Å². The maximum absolute atomic E-state index is 12.7. The summed E-state index contributed by atoms with van der Waals surface area (Å²) in [5, 5.41) is 0. The van der Waals surface area contributed by atoms with Crippen molar-refractivity contribution in [3.8, 4) is 17.2 Å². The van der Waals surface area contributed by atoms with Crippen LogP contribution in [0.25, 0.3) is 0 Å². The number of methoxy groups -OCH3 is 1. The summed E-state index contributed by atoms with van der Waals surface area (Å²) in [7, 11) is 1.61. The minimum atomic E-state index is 0.0379. The second kappa shape index (κ2) is 5.50. The maximum Gasteiger partial charge on any atom is 0.254 e. The Bertz CT molecular complexity index is 754. The number of carbonyl (C=O) groups is 1. The van der Waals surface area contributed by atoms with Gasteiger partial charge in [-0.25, -0.2) is 0 Å². The van der Waals surface area contributed by atoms with Crippen LogP contribution < -0.4 is 14.2 Å². The normalized spacial score (nSPS) is 15.3. The smallest absolute Gasteiger partial charge is 0.254 e. The molecule has 0 N–H and O–H groups in total. The summed E-state index contributed by atoms with van der Waals surface area (Å²) in [6, 6.07) is 11.2. The van der Waals surface area contributed by atoms with Crippen molar-refractivity contribution >= 4 is 5.91 Å². The number of amides is 1. The van der Waals surface area contributed by atoms with Gasteiger partial charge >= 0.3 is 0 Å². The molecule has 1 amide bonds. The average Bonchev–Trinajstić information content (AvgIpc) is 3.06. The lowest BCUT2D eigenvalue weighted by atomic mass is 9.98. The fourth-order valence-corrected chi connectivity index (χ4v) is 3.04. The Balaban J connectivity index is 1.56. The predicted octanol–water partition coefficient (Wildman–Crippen LogP) is 2.62. The molecule has 118 valence electrons. The van der Waals surface area contributed by atoms with Gasteiger partial charge in [-0.1, -0.05) is 0 Å². The first kappa shape index (κ1) is 13.9. The molecule has 0 radical (unpaired) electrons. The highest BCUT2D eigenvalue weighted by Gasteiger charge is 2.25. The molecule has 2 aromatic carbocycles. The van der Waals surface area contributed by atoms with Gasteiger partial charge in [0.05, 0.1) is 7.11 Å². The number of rotatable bonds is 2. The van der Waals surface area contributed by atoms with Crippen LogP contribution in [0.15, 0.2) is 36.4 Å². The van der Waals surface area contributed by atoms with Crippen LogP contribution in [0.5, 0.6) is 17.2 Å². The first-order valence-electron chi connectivity index (χ1n) is 7.59. The van der Waals surface area contributed by atoms with Crippen LogP contribution in [0.3, 0.4) is 0 Å². The Kier molecular flexibility index (Phi) is 3.33. The standard InChI is InChI=1S/C18H17NO4/c1-21-15-4-2-12(3-5-15)18(20)19-7-6-13-8-16-17(23-11-22-16)9-14(13)10-19/h2-5,8-9H,6-7,10-11H2,1H3. The lowest BCUT2D eigenvalue weighted by molar-refractivity contribution is 0.0734. The van der Waals surface area contributed by atoms with E-state index in [2.05, 4.69) is 0 Å². The molecule has 0 fully saturated rings. The molecule has 0 saturated carbocycles. The second-order valence-electron chi connectivity index (χ2n) is 5.68. The zero-order chi connectivity index (χ0) is 15.8. The molecule has 0 saturated heterocycles. The molecule has 0 aliphatic carbocycles. The zero-order valence-electron chi connectivity index (χ0n) is 12.9. The van der Waals surface area contributed by atoms with Gasteiger partial charge in [-0.05, 0) is 53.9 Å². The molecule has 23 heavy (non-hydrogen) atoms. The van der Waals surface area contributed by atoms with Crippen molar-refractivity contribution in [2.75, 3.05) is 20.4 Å². The maximum atomic E-state index is 12.7. The van der Waals surface area contributed by atoms with E-state index in [1.54, 1.807) is 19.2 Å². The van der Waals surface area contributed by atoms with Crippen LogP contribution >= 0.6 is 0 Å². The van der Waals surface area contributed by atoms with E-state index in [-0.39, 0.29) is 12.7 Å². The fourth-order valence-electron chi connectivity index (χ4n) is 3.04. The quantitative estimate of drug-likeness (QED) is 0.855. The highest BCUT2D eigenvalue weighted by atomic mass is 16.7. The van der Waals surface area contributed by atoms with Gasteiger partial charge in [-0.15, -0.1) is 0 Å². The van der Waals surface area contributed by atoms with Crippen molar-refractivity contribution in [1.82, 2.24) is 4.90 Å². The van der Waals surface area contributed by atoms with Crippen LogP contribution in [0.2, 0.25) is 0 Å². The third-order valence-electron chi connectivity index (χ3n) is 4.33. The lowest BCUT2D eigenvalue weighted by Crippen LogP contribution is -2.35. The third-order valence-corrected chi connectivity index (χ3v) is 4.33. The summed E-state index contributed by atoms with van der Waals surface area (Å²) in [5.41, 5.74) is 3.03. The molecule has 2 aromatic rings. The molecule has 0 bridgehead atoms. The van der Waals surface area contributed by atoms with E-state index in [9.17, 15) is 4.79 Å². The van der Waals surface area contributed by atoms with Crippen molar-refractivity contribution < 1.29 is 19.0 Å². The summed E-state index contributed by atoms with van der Waals surface area (Å²) in [6.07, 6.45) is 0.827. The number of fused-ring (bicyclic) bond motifs is 2. The van der Waals surface area contributed by atoms with E-state index in [0.29, 0.717) is 18.7 Å². The van der Waals surface area contributed by atoms with Crippen molar-refractivity contribution in [2.24, 2.45) is 0 Å². The molecule has 5 nitrogen and oxygen atoms in total. The first-order chi connectivity index (χ1) is 11.2. The summed E-state index contributed by atoms with van der Waals surface area (Å²) in [5.74, 6) is 2.36. The van der Waals surface area contributed by atoms with Gasteiger partial charge in [-0.3, -0.25) is 4.79 Å². The molecule has 0 aromatic heterocycles. The summed E-state index contributed by atoms with van der Waals surface area (Å²) < 4.78 is 16.0. The minimum Gasteiger partial charge on any atom is -0.497 e. The van der Waals surface area contributed by atoms with Crippen LogP contribution in [0.1, 0.15) is 21.5 Å². The molecule has 0 unspecified atom stereocenters. The predicted molar refractivity (Wildman–Crippen MR) is 84.0 cm³/mol. The average molecular weight is 311 g/mol. The van der Waals surface area contributed by atoms with Crippen LogP contribution in [0, 0.1) is 0 Å². The molecule has 4 rings (SSSR count). The lowest BCUT2D eigenvalue weighted by Gasteiger charge is -2.29. The molecular weight excluding hydrogens is 294 g/mol. The van der Waals surface area contributed by atoms with Gasteiger partial charge in [0.1, 0.15) is 5.75 Å². The highest BCUT2D eigenvalue weighted by molar-refractivity contribution is 5.94. The molecule has 2 heterocycles. The topological polar surface area (TPSA) is 48.0 Å². The highest BCUT2D eigenvalue weighted by Crippen LogP contribution is 2.36. The Morgan fingerprint density at radius 2 is 1.78 bits per heavy atom. The molecule has 5 heteroatoms. The summed E-state index contributed by atoms with van der Waals surface area (Å²) >= 11 is 0. The van der Waals surface area contributed by atoms with Gasteiger partial charge in [0.25, 0.3) is 5.91 Å². The SMILES string of the molecule is COc1ccc(C(=O)N2CCc3cc4c(cc3C2)OCO4)cc1. The zero-order valence-corrected chi connectivity index (χ0v) is 12.9. The number of nitrogens with zero attached hydrogens (tertiary/aromatic N) is 1. The second-order valence-corrected chi connectivity index (χ2v) is 5.68. The number of benzene rings is 2. The van der Waals surface area contributed by atoms with E-state index in [1.807, 2.05) is 29.2 Å². The van der Waals surface area contributed by atoms with Gasteiger partial charge < -0.3 is 19.1 Å². The molecule has 0 spiro atoms. The summed E-state index contributed by atoms with van der Waals surface area (Å²) in [6.45, 7) is 1.57. The number of hydrogen-bond acceptors (Lipinski definition) is 4. The van der Waals surface area contributed by atoms with Crippen molar-refractivity contribution in [1.29, 1.82) is 0 Å². The van der Waals surface area contributed by atoms with Crippen molar-refractivity contribution in [3.63, 3.8) is 0 Å². The number of carbonyl (C=O) groups excluding carboxylic acids is 1. The van der Waals surface area contributed by atoms with Crippen LogP contribution in [-0.4, -0.2) is 31.3 Å². The van der Waals surface area contributed by atoms with E-state index in [4.69, 9.17) is 14.2 Å². The molecule has 2 aliphatic rings. The van der Waals surface area contributed by atoms with E-state index >= 15 is 0 Å². The Morgan fingerprint density at radius 1 is 1.09 bits per heavy atom. The third kappa shape index (κ3) is 2.48. The van der Waals surface area contributed by atoms with E-state index in [1.165, 1.54) is 5.56 Å². The Labute approximate surface area is 134 Å². The Morgan fingerprint density at radius 3 is 2.48 bits per heavy atom. The van der Waals surface area contributed by atoms with E-state index in [0.717, 1.165) is 29.2 Å². The largest absolute Gasteiger partial charge is 0.497 e.